The van der Waals surface area contributed by atoms with Crippen LogP contribution in [-0.2, 0) is 0 Å². The minimum atomic E-state index is 0.644. The first-order valence-corrected chi connectivity index (χ1v) is 13.9. The first-order chi connectivity index (χ1) is 20.3. The first kappa shape index (κ1) is 23.4. The van der Waals surface area contributed by atoms with Crippen LogP contribution in [0.25, 0.3) is 77.5 Å². The van der Waals surface area contributed by atoms with E-state index in [-0.39, 0.29) is 0 Å². The van der Waals surface area contributed by atoms with Gasteiger partial charge in [-0.25, -0.2) is 4.98 Å². The molecule has 0 bridgehead atoms. The van der Waals surface area contributed by atoms with Gasteiger partial charge in [0, 0.05) is 5.56 Å². The topological polar surface area (TPSA) is 26.0 Å². The summed E-state index contributed by atoms with van der Waals surface area (Å²) in [5, 5.41) is 5.05. The smallest absolute Gasteiger partial charge is 0.227 e. The molecule has 0 aliphatic rings. The largest absolute Gasteiger partial charge is 0.436 e. The predicted molar refractivity (Wildman–Crippen MR) is 171 cm³/mol. The molecule has 0 spiro atoms. The van der Waals surface area contributed by atoms with Gasteiger partial charge in [-0.1, -0.05) is 127 Å². The molecule has 0 radical (unpaired) electrons. The lowest BCUT2D eigenvalue weighted by molar-refractivity contribution is 0.620. The molecule has 0 atom stereocenters. The average Bonchev–Trinajstić information content (AvgIpc) is 3.48. The monoisotopic (exact) mass is 523 g/mol. The maximum absolute atomic E-state index is 6.14. The maximum Gasteiger partial charge on any atom is 0.227 e. The van der Waals surface area contributed by atoms with Crippen LogP contribution in [0.15, 0.2) is 156 Å². The number of rotatable bonds is 4. The summed E-state index contributed by atoms with van der Waals surface area (Å²) in [5.74, 6) is 0.644. The van der Waals surface area contributed by atoms with Crippen LogP contribution in [0.5, 0.6) is 0 Å². The van der Waals surface area contributed by atoms with E-state index in [9.17, 15) is 0 Å². The summed E-state index contributed by atoms with van der Waals surface area (Å²) in [6.07, 6.45) is 0. The van der Waals surface area contributed by atoms with Crippen LogP contribution in [0.3, 0.4) is 0 Å². The van der Waals surface area contributed by atoms with Crippen molar-refractivity contribution in [2.75, 3.05) is 0 Å². The SMILES string of the molecule is c1ccc(-c2nc3ccc(-c4ccc(-c5c6ccccc6c(-c6ccccc6)c6ccccc56)cc4)cc3o2)cc1. The summed E-state index contributed by atoms with van der Waals surface area (Å²) < 4.78 is 6.14. The molecule has 0 unspecified atom stereocenters. The lowest BCUT2D eigenvalue weighted by atomic mass is 9.86. The molecule has 0 fully saturated rings. The molecule has 1 aromatic heterocycles. The molecule has 41 heavy (non-hydrogen) atoms. The summed E-state index contributed by atoms with van der Waals surface area (Å²) in [6.45, 7) is 0. The van der Waals surface area contributed by atoms with Crippen molar-refractivity contribution in [1.29, 1.82) is 0 Å². The van der Waals surface area contributed by atoms with Crippen molar-refractivity contribution in [1.82, 2.24) is 4.98 Å². The van der Waals surface area contributed by atoms with E-state index in [1.54, 1.807) is 0 Å². The van der Waals surface area contributed by atoms with Crippen molar-refractivity contribution in [2.24, 2.45) is 0 Å². The van der Waals surface area contributed by atoms with Crippen molar-refractivity contribution in [2.45, 2.75) is 0 Å². The van der Waals surface area contributed by atoms with E-state index in [0.29, 0.717) is 5.89 Å². The zero-order chi connectivity index (χ0) is 27.2. The molecule has 8 aromatic rings. The Morgan fingerprint density at radius 1 is 0.366 bits per heavy atom. The molecule has 0 amide bonds. The third kappa shape index (κ3) is 4.00. The highest BCUT2D eigenvalue weighted by atomic mass is 16.3. The van der Waals surface area contributed by atoms with Gasteiger partial charge >= 0.3 is 0 Å². The number of oxazole rings is 1. The molecule has 0 aliphatic carbocycles. The fraction of sp³-hybridized carbons (Fsp3) is 0. The minimum Gasteiger partial charge on any atom is -0.436 e. The summed E-state index contributed by atoms with van der Waals surface area (Å²) in [5.41, 5.74) is 9.87. The number of hydrogen-bond donors (Lipinski definition) is 0. The van der Waals surface area contributed by atoms with Gasteiger partial charge in [0.2, 0.25) is 5.89 Å². The number of aromatic nitrogens is 1. The summed E-state index contributed by atoms with van der Waals surface area (Å²) >= 11 is 0. The van der Waals surface area contributed by atoms with Crippen molar-refractivity contribution in [3.05, 3.63) is 152 Å². The molecular formula is C39H25NO. The van der Waals surface area contributed by atoms with Crippen LogP contribution in [-0.4, -0.2) is 4.98 Å². The fourth-order valence-corrected chi connectivity index (χ4v) is 5.99. The van der Waals surface area contributed by atoms with Crippen molar-refractivity contribution >= 4 is 32.6 Å². The predicted octanol–water partition coefficient (Wildman–Crippen LogP) is 10.8. The molecule has 0 aliphatic heterocycles. The van der Waals surface area contributed by atoms with Crippen LogP contribution >= 0.6 is 0 Å². The lowest BCUT2D eigenvalue weighted by Gasteiger charge is -2.18. The Bertz CT molecular complexity index is 2120. The van der Waals surface area contributed by atoms with Crippen molar-refractivity contribution in [3.8, 4) is 44.8 Å². The van der Waals surface area contributed by atoms with E-state index in [2.05, 4.69) is 115 Å². The quantitative estimate of drug-likeness (QED) is 0.214. The molecule has 8 rings (SSSR count). The molecule has 192 valence electrons. The average molecular weight is 524 g/mol. The molecule has 1 heterocycles. The van der Waals surface area contributed by atoms with Gasteiger partial charge in [-0.15, -0.1) is 0 Å². The third-order valence-electron chi connectivity index (χ3n) is 7.91. The molecule has 7 aromatic carbocycles. The fourth-order valence-electron chi connectivity index (χ4n) is 5.99. The Kier molecular flexibility index (Phi) is 5.49. The van der Waals surface area contributed by atoms with E-state index >= 15 is 0 Å². The van der Waals surface area contributed by atoms with Gasteiger partial charge < -0.3 is 4.42 Å². The third-order valence-corrected chi connectivity index (χ3v) is 7.91. The Labute approximate surface area is 238 Å². The zero-order valence-electron chi connectivity index (χ0n) is 22.3. The summed E-state index contributed by atoms with van der Waals surface area (Å²) in [4.78, 5) is 4.69. The van der Waals surface area contributed by atoms with Gasteiger partial charge in [-0.05, 0) is 79.2 Å². The minimum absolute atomic E-state index is 0.644. The second-order valence-electron chi connectivity index (χ2n) is 10.4. The van der Waals surface area contributed by atoms with Gasteiger partial charge in [-0.3, -0.25) is 0 Å². The standard InChI is InChI=1S/C39H25NO/c1-3-11-27(12-4-1)37-31-15-7-9-17-33(31)38(34-18-10-8-16-32(34)37)28-21-19-26(20-22-28)30-23-24-35-36(25-30)41-39(40-35)29-13-5-2-6-14-29/h1-25H. The van der Waals surface area contributed by atoms with E-state index in [1.807, 2.05) is 36.4 Å². The zero-order valence-corrected chi connectivity index (χ0v) is 22.3. The Hall–Kier alpha value is -5.47. The lowest BCUT2D eigenvalue weighted by Crippen LogP contribution is -1.90. The number of hydrogen-bond acceptors (Lipinski definition) is 2. The van der Waals surface area contributed by atoms with Crippen LogP contribution < -0.4 is 0 Å². The number of fused-ring (bicyclic) bond motifs is 3. The van der Waals surface area contributed by atoms with Crippen LogP contribution in [0, 0.1) is 0 Å². The van der Waals surface area contributed by atoms with Crippen LogP contribution in [0.1, 0.15) is 0 Å². The second kappa shape index (κ2) is 9.62. The highest BCUT2D eigenvalue weighted by molar-refractivity contribution is 6.21. The highest BCUT2D eigenvalue weighted by Gasteiger charge is 2.16. The van der Waals surface area contributed by atoms with E-state index in [4.69, 9.17) is 9.40 Å². The normalized spacial score (nSPS) is 11.4. The van der Waals surface area contributed by atoms with E-state index in [0.717, 1.165) is 27.8 Å². The number of nitrogens with zero attached hydrogens (tertiary/aromatic N) is 1. The summed E-state index contributed by atoms with van der Waals surface area (Å²) in [6, 6.07) is 53.4. The van der Waals surface area contributed by atoms with Gasteiger partial charge in [0.25, 0.3) is 0 Å². The Balaban J connectivity index is 1.25. The van der Waals surface area contributed by atoms with E-state index < -0.39 is 0 Å². The number of benzene rings is 7. The van der Waals surface area contributed by atoms with Gasteiger partial charge in [-0.2, -0.15) is 0 Å². The molecule has 2 heteroatoms. The van der Waals surface area contributed by atoms with Gasteiger partial charge in [0.1, 0.15) is 5.52 Å². The second-order valence-corrected chi connectivity index (χ2v) is 10.4. The Morgan fingerprint density at radius 3 is 1.37 bits per heavy atom. The Morgan fingerprint density at radius 2 is 0.805 bits per heavy atom. The molecule has 2 nitrogen and oxygen atoms in total. The van der Waals surface area contributed by atoms with Crippen LogP contribution in [0.2, 0.25) is 0 Å². The van der Waals surface area contributed by atoms with Crippen LogP contribution in [0.4, 0.5) is 0 Å². The van der Waals surface area contributed by atoms with Crippen molar-refractivity contribution in [3.63, 3.8) is 0 Å². The molecule has 0 saturated heterocycles. The molecule has 0 saturated carbocycles. The van der Waals surface area contributed by atoms with E-state index in [1.165, 1.54) is 43.8 Å². The molecular weight excluding hydrogens is 498 g/mol. The van der Waals surface area contributed by atoms with Gasteiger partial charge in [0.05, 0.1) is 0 Å². The van der Waals surface area contributed by atoms with Crippen molar-refractivity contribution < 1.29 is 4.42 Å². The maximum atomic E-state index is 6.14. The van der Waals surface area contributed by atoms with Gasteiger partial charge in [0.15, 0.2) is 5.58 Å². The first-order valence-electron chi connectivity index (χ1n) is 13.9. The molecule has 0 N–H and O–H groups in total. The highest BCUT2D eigenvalue weighted by Crippen LogP contribution is 2.43. The summed E-state index contributed by atoms with van der Waals surface area (Å²) in [7, 11) is 0.